The minimum absolute atomic E-state index is 0.139. The summed E-state index contributed by atoms with van der Waals surface area (Å²) in [6.45, 7) is 0.525. The lowest BCUT2D eigenvalue weighted by Gasteiger charge is -2.21. The number of aromatic nitrogens is 1. The van der Waals surface area contributed by atoms with E-state index < -0.39 is 12.1 Å². The van der Waals surface area contributed by atoms with Gasteiger partial charge in [-0.15, -0.1) is 0 Å². The van der Waals surface area contributed by atoms with E-state index in [2.05, 4.69) is 22.3 Å². The Labute approximate surface area is 177 Å². The van der Waals surface area contributed by atoms with Gasteiger partial charge in [0.25, 0.3) is 5.91 Å². The Morgan fingerprint density at radius 1 is 1.35 bits per heavy atom. The lowest BCUT2D eigenvalue weighted by Crippen LogP contribution is -2.46. The Morgan fingerprint density at radius 3 is 3.03 bits per heavy atom. The highest BCUT2D eigenvalue weighted by atomic mass is 16.5. The third-order valence-corrected chi connectivity index (χ3v) is 4.84. The van der Waals surface area contributed by atoms with E-state index in [1.807, 2.05) is 17.4 Å². The summed E-state index contributed by atoms with van der Waals surface area (Å²) in [4.78, 5) is 36.9. The number of amides is 4. The predicted molar refractivity (Wildman–Crippen MR) is 110 cm³/mol. The fraction of sp³-hybridized carbons (Fsp3) is 0.182. The molecule has 0 aliphatic carbocycles. The summed E-state index contributed by atoms with van der Waals surface area (Å²) in [6, 6.07) is 9.27. The van der Waals surface area contributed by atoms with Gasteiger partial charge in [-0.1, -0.05) is 23.1 Å². The highest BCUT2D eigenvalue weighted by Crippen LogP contribution is 2.26. The van der Waals surface area contributed by atoms with Crippen molar-refractivity contribution in [2.75, 3.05) is 13.7 Å². The van der Waals surface area contributed by atoms with Crippen molar-refractivity contribution in [2.45, 2.75) is 12.6 Å². The van der Waals surface area contributed by atoms with Crippen LogP contribution in [0.4, 0.5) is 4.79 Å². The van der Waals surface area contributed by atoms with E-state index in [9.17, 15) is 14.4 Å². The van der Waals surface area contributed by atoms with Gasteiger partial charge in [0.15, 0.2) is 5.58 Å². The molecule has 0 radical (unpaired) electrons. The van der Waals surface area contributed by atoms with Crippen molar-refractivity contribution >= 4 is 29.3 Å². The summed E-state index contributed by atoms with van der Waals surface area (Å²) in [5.74, 6) is 6.35. The Bertz CT molecular complexity index is 1220. The molecule has 0 bridgehead atoms. The van der Waals surface area contributed by atoms with Crippen molar-refractivity contribution in [3.8, 4) is 17.6 Å². The molecule has 156 valence electrons. The minimum Gasteiger partial charge on any atom is -0.497 e. The molecule has 2 heterocycles. The van der Waals surface area contributed by atoms with Gasteiger partial charge in [0.2, 0.25) is 6.41 Å². The first-order valence-corrected chi connectivity index (χ1v) is 9.40. The highest BCUT2D eigenvalue weighted by Gasteiger charge is 2.29. The van der Waals surface area contributed by atoms with Crippen molar-refractivity contribution in [2.24, 2.45) is 0 Å². The maximum atomic E-state index is 12.8. The summed E-state index contributed by atoms with van der Waals surface area (Å²) in [5.41, 5.74) is 2.67. The topological polar surface area (TPSA) is 114 Å². The van der Waals surface area contributed by atoms with Crippen LogP contribution in [0.25, 0.3) is 11.0 Å². The molecule has 1 aliphatic heterocycles. The first-order valence-electron chi connectivity index (χ1n) is 9.40. The van der Waals surface area contributed by atoms with E-state index in [1.54, 1.807) is 35.4 Å². The minimum atomic E-state index is -0.717. The number of ether oxygens (including phenoxy) is 1. The van der Waals surface area contributed by atoms with Crippen LogP contribution in [0.2, 0.25) is 0 Å². The maximum absolute atomic E-state index is 12.8. The van der Waals surface area contributed by atoms with E-state index in [1.165, 1.54) is 7.11 Å². The SMILES string of the molecule is COc1ccc2c(c1)C(=O)N(C[C@@H](C#Cc1ccc3cnoc3c1)NC(=O)NC=O)C2. The molecule has 0 spiro atoms. The van der Waals surface area contributed by atoms with Gasteiger partial charge in [-0.25, -0.2) is 4.79 Å². The van der Waals surface area contributed by atoms with Crippen LogP contribution in [0.5, 0.6) is 5.75 Å². The summed E-state index contributed by atoms with van der Waals surface area (Å²) in [5, 5.41) is 9.21. The third-order valence-electron chi connectivity index (χ3n) is 4.84. The zero-order valence-electron chi connectivity index (χ0n) is 16.5. The van der Waals surface area contributed by atoms with Gasteiger partial charge in [-0.05, 0) is 35.9 Å². The summed E-state index contributed by atoms with van der Waals surface area (Å²) >= 11 is 0. The number of nitrogens with one attached hydrogen (secondary N) is 2. The van der Waals surface area contributed by atoms with Gasteiger partial charge in [0.1, 0.15) is 11.8 Å². The number of hydrogen-bond donors (Lipinski definition) is 2. The molecular weight excluding hydrogens is 400 g/mol. The van der Waals surface area contributed by atoms with Gasteiger partial charge in [-0.2, -0.15) is 0 Å². The number of nitrogens with zero attached hydrogens (tertiary/aromatic N) is 2. The van der Waals surface area contributed by atoms with Crippen molar-refractivity contribution in [1.82, 2.24) is 20.7 Å². The summed E-state index contributed by atoms with van der Waals surface area (Å²) in [7, 11) is 1.54. The van der Waals surface area contributed by atoms with Crippen molar-refractivity contribution in [1.29, 1.82) is 0 Å². The molecule has 3 aromatic rings. The second kappa shape index (κ2) is 8.59. The number of methoxy groups -OCH3 is 1. The Morgan fingerprint density at radius 2 is 2.23 bits per heavy atom. The number of benzene rings is 2. The summed E-state index contributed by atoms with van der Waals surface area (Å²) < 4.78 is 10.3. The predicted octanol–water partition coefficient (Wildman–Crippen LogP) is 1.67. The van der Waals surface area contributed by atoms with E-state index in [0.717, 1.165) is 10.9 Å². The fourth-order valence-electron chi connectivity index (χ4n) is 3.32. The maximum Gasteiger partial charge on any atom is 0.322 e. The van der Waals surface area contributed by atoms with E-state index >= 15 is 0 Å². The molecule has 9 nitrogen and oxygen atoms in total. The number of fused-ring (bicyclic) bond motifs is 2. The van der Waals surface area contributed by atoms with Crippen LogP contribution in [-0.4, -0.2) is 48.1 Å². The standard InChI is InChI=1S/C22H18N4O5/c1-30-18-7-5-16-11-26(21(28)19(16)9-18)12-17(25-22(29)23-13-27)6-3-14-2-4-15-10-24-31-20(15)8-14/h2,4-5,7-10,13,17H,11-12H2,1H3,(H2,23,25,27,29)/t17-/m1/s1. The van der Waals surface area contributed by atoms with Gasteiger partial charge >= 0.3 is 6.03 Å². The average Bonchev–Trinajstić information content (AvgIpc) is 3.36. The molecule has 1 aromatic heterocycles. The molecule has 0 saturated heterocycles. The van der Waals surface area contributed by atoms with Crippen LogP contribution in [0.3, 0.4) is 0 Å². The molecule has 0 saturated carbocycles. The number of urea groups is 1. The molecule has 4 amide bonds. The molecular formula is C22H18N4O5. The van der Waals surface area contributed by atoms with E-state index in [4.69, 9.17) is 9.26 Å². The Kier molecular flexibility index (Phi) is 5.53. The van der Waals surface area contributed by atoms with Crippen LogP contribution in [-0.2, 0) is 11.3 Å². The molecule has 1 aliphatic rings. The second-order valence-electron chi connectivity index (χ2n) is 6.84. The van der Waals surface area contributed by atoms with Crippen LogP contribution < -0.4 is 15.4 Å². The first kappa shape index (κ1) is 20.0. The number of carbonyl (C=O) groups is 3. The van der Waals surface area contributed by atoms with Crippen LogP contribution in [0, 0.1) is 11.8 Å². The van der Waals surface area contributed by atoms with Gasteiger partial charge < -0.3 is 19.5 Å². The lowest BCUT2D eigenvalue weighted by molar-refractivity contribution is -0.108. The van der Waals surface area contributed by atoms with Crippen LogP contribution in [0.15, 0.2) is 47.1 Å². The molecule has 1 atom stereocenters. The molecule has 31 heavy (non-hydrogen) atoms. The monoisotopic (exact) mass is 418 g/mol. The Hall–Kier alpha value is -4.32. The average molecular weight is 418 g/mol. The van der Waals surface area contributed by atoms with Crippen molar-refractivity contribution < 1.29 is 23.6 Å². The highest BCUT2D eigenvalue weighted by molar-refractivity contribution is 5.98. The number of hydrogen-bond acceptors (Lipinski definition) is 6. The fourth-order valence-corrected chi connectivity index (χ4v) is 3.32. The van der Waals surface area contributed by atoms with Crippen LogP contribution in [0.1, 0.15) is 21.5 Å². The zero-order valence-corrected chi connectivity index (χ0v) is 16.5. The third kappa shape index (κ3) is 4.33. The van der Waals surface area contributed by atoms with Crippen LogP contribution >= 0.6 is 0 Å². The number of rotatable bonds is 5. The lowest BCUT2D eigenvalue weighted by atomic mass is 10.1. The van der Waals surface area contributed by atoms with E-state index in [0.29, 0.717) is 29.0 Å². The normalized spacial score (nSPS) is 13.2. The molecule has 2 N–H and O–H groups in total. The van der Waals surface area contributed by atoms with E-state index in [-0.39, 0.29) is 18.9 Å². The smallest absolute Gasteiger partial charge is 0.322 e. The number of imide groups is 1. The van der Waals surface area contributed by atoms with Gasteiger partial charge in [0.05, 0.1) is 19.9 Å². The van der Waals surface area contributed by atoms with Crippen molar-refractivity contribution in [3.05, 3.63) is 59.3 Å². The number of carbonyl (C=O) groups excluding carboxylic acids is 3. The second-order valence-corrected chi connectivity index (χ2v) is 6.84. The zero-order chi connectivity index (χ0) is 21.8. The molecule has 0 unspecified atom stereocenters. The van der Waals surface area contributed by atoms with Gasteiger partial charge in [0, 0.05) is 23.1 Å². The quantitative estimate of drug-likeness (QED) is 0.481. The molecule has 4 rings (SSSR count). The molecule has 0 fully saturated rings. The largest absolute Gasteiger partial charge is 0.497 e. The van der Waals surface area contributed by atoms with Gasteiger partial charge in [-0.3, -0.25) is 14.9 Å². The molecule has 2 aromatic carbocycles. The summed E-state index contributed by atoms with van der Waals surface area (Å²) in [6.07, 6.45) is 1.88. The molecule has 9 heteroatoms. The van der Waals surface area contributed by atoms with Crippen molar-refractivity contribution in [3.63, 3.8) is 0 Å². The first-order chi connectivity index (χ1) is 15.1. The Balaban J connectivity index is 1.55.